The van der Waals surface area contributed by atoms with Gasteiger partial charge in [-0.2, -0.15) is 8.78 Å². The summed E-state index contributed by atoms with van der Waals surface area (Å²) < 4.78 is 34.9. The molecule has 0 spiro atoms. The number of benzene rings is 2. The van der Waals surface area contributed by atoms with Crippen molar-refractivity contribution in [2.75, 3.05) is 0 Å². The van der Waals surface area contributed by atoms with Crippen LogP contribution in [0.5, 0.6) is 5.75 Å². The van der Waals surface area contributed by atoms with E-state index in [9.17, 15) is 28.0 Å². The fourth-order valence-corrected chi connectivity index (χ4v) is 4.37. The number of Topliss-reactive ketones (excluding diaryl/α,β-unsaturated/α-hetero) is 1. The van der Waals surface area contributed by atoms with E-state index >= 15 is 0 Å². The predicted molar refractivity (Wildman–Crippen MR) is 122 cm³/mol. The van der Waals surface area contributed by atoms with E-state index in [1.165, 1.54) is 29.2 Å². The number of ketones is 1. The van der Waals surface area contributed by atoms with Crippen molar-refractivity contribution < 1.29 is 32.7 Å². The van der Waals surface area contributed by atoms with Gasteiger partial charge in [0.2, 0.25) is 17.6 Å². The molecule has 2 aliphatic heterocycles. The van der Waals surface area contributed by atoms with E-state index in [4.69, 9.17) is 4.74 Å². The molecule has 184 valence electrons. The number of nitrogens with one attached hydrogen (secondary N) is 1. The fraction of sp³-hybridized carbons (Fsp3) is 0.385. The molecule has 2 heterocycles. The van der Waals surface area contributed by atoms with Crippen LogP contribution in [-0.2, 0) is 33.3 Å². The van der Waals surface area contributed by atoms with Gasteiger partial charge in [0.05, 0.1) is 6.10 Å². The lowest BCUT2D eigenvalue weighted by Crippen LogP contribution is -2.52. The molecule has 9 heteroatoms. The van der Waals surface area contributed by atoms with Crippen LogP contribution in [0, 0.1) is 0 Å². The number of hydrogen-bond acceptors (Lipinski definition) is 5. The quantitative estimate of drug-likeness (QED) is 0.579. The molecule has 0 radical (unpaired) electrons. The zero-order chi connectivity index (χ0) is 25.3. The van der Waals surface area contributed by atoms with Gasteiger partial charge < -0.3 is 9.64 Å². The molecule has 2 aromatic carbocycles. The average molecular weight is 484 g/mol. The molecule has 0 aromatic heterocycles. The SMILES string of the molecule is CC(C)Oc1ccc(C(F)(F)C(=O)CCc2ccc3c(c2)CN(C2CCC(=O)NC2=O)C3=O)cc1. The number of piperidine rings is 1. The molecular formula is C26H26F2N2O5. The number of fused-ring (bicyclic) bond motifs is 1. The topological polar surface area (TPSA) is 92.8 Å². The maximum atomic E-state index is 14.7. The van der Waals surface area contributed by atoms with Crippen LogP contribution in [0.1, 0.15) is 60.2 Å². The van der Waals surface area contributed by atoms with Gasteiger partial charge in [0.15, 0.2) is 0 Å². The van der Waals surface area contributed by atoms with Crippen LogP contribution in [0.25, 0.3) is 0 Å². The summed E-state index contributed by atoms with van der Waals surface area (Å²) in [6, 6.07) is 9.44. The zero-order valence-electron chi connectivity index (χ0n) is 19.5. The Balaban J connectivity index is 1.40. The van der Waals surface area contributed by atoms with Crippen LogP contribution in [-0.4, -0.2) is 40.6 Å². The third-order valence-corrected chi connectivity index (χ3v) is 6.17. The number of rotatable bonds is 8. The van der Waals surface area contributed by atoms with Crippen LogP contribution >= 0.6 is 0 Å². The van der Waals surface area contributed by atoms with Crippen LogP contribution in [0.15, 0.2) is 42.5 Å². The number of nitrogens with zero attached hydrogens (tertiary/aromatic N) is 1. The Morgan fingerprint density at radius 2 is 1.86 bits per heavy atom. The first-order valence-electron chi connectivity index (χ1n) is 11.5. The average Bonchev–Trinajstić information content (AvgIpc) is 3.13. The molecule has 1 atom stereocenters. The molecular weight excluding hydrogens is 458 g/mol. The Labute approximate surface area is 201 Å². The highest BCUT2D eigenvalue weighted by Gasteiger charge is 2.41. The van der Waals surface area contributed by atoms with E-state index in [-0.39, 0.29) is 50.1 Å². The molecule has 1 N–H and O–H groups in total. The van der Waals surface area contributed by atoms with Gasteiger partial charge in [-0.25, -0.2) is 0 Å². The molecule has 1 unspecified atom stereocenters. The summed E-state index contributed by atoms with van der Waals surface area (Å²) in [5, 5.41) is 2.25. The van der Waals surface area contributed by atoms with Crippen LogP contribution in [0.3, 0.4) is 0 Å². The third-order valence-electron chi connectivity index (χ3n) is 6.17. The Hall–Kier alpha value is -3.62. The normalized spacial score (nSPS) is 18.0. The summed E-state index contributed by atoms with van der Waals surface area (Å²) in [5.74, 6) is -5.55. The van der Waals surface area contributed by atoms with Crippen LogP contribution in [0.2, 0.25) is 0 Å². The Bertz CT molecular complexity index is 1180. The lowest BCUT2D eigenvalue weighted by atomic mass is 9.97. The van der Waals surface area contributed by atoms with Gasteiger partial charge in [-0.1, -0.05) is 12.1 Å². The van der Waals surface area contributed by atoms with Gasteiger partial charge in [0.25, 0.3) is 5.91 Å². The molecule has 1 saturated heterocycles. The first-order valence-corrected chi connectivity index (χ1v) is 11.5. The Morgan fingerprint density at radius 1 is 1.14 bits per heavy atom. The summed E-state index contributed by atoms with van der Waals surface area (Å²) in [6.45, 7) is 3.84. The highest BCUT2D eigenvalue weighted by atomic mass is 19.3. The van der Waals surface area contributed by atoms with Crippen LogP contribution < -0.4 is 10.1 Å². The summed E-state index contributed by atoms with van der Waals surface area (Å²) >= 11 is 0. The van der Waals surface area contributed by atoms with Crippen molar-refractivity contribution in [3.05, 3.63) is 64.7 Å². The Kier molecular flexibility index (Phi) is 6.69. The monoisotopic (exact) mass is 484 g/mol. The fourth-order valence-electron chi connectivity index (χ4n) is 4.37. The number of ether oxygens (including phenoxy) is 1. The lowest BCUT2D eigenvalue weighted by Gasteiger charge is -2.29. The maximum Gasteiger partial charge on any atom is 0.330 e. The van der Waals surface area contributed by atoms with Crippen molar-refractivity contribution in [3.8, 4) is 5.75 Å². The van der Waals surface area contributed by atoms with E-state index in [1.54, 1.807) is 18.2 Å². The van der Waals surface area contributed by atoms with Crippen molar-refractivity contribution in [1.82, 2.24) is 10.2 Å². The lowest BCUT2D eigenvalue weighted by molar-refractivity contribution is -0.144. The molecule has 0 aliphatic carbocycles. The first-order chi connectivity index (χ1) is 16.6. The summed E-state index contributed by atoms with van der Waals surface area (Å²) in [4.78, 5) is 50.1. The summed E-state index contributed by atoms with van der Waals surface area (Å²) in [6.07, 6.45) is 0.0300. The van der Waals surface area contributed by atoms with Gasteiger partial charge in [-0.05, 0) is 68.1 Å². The highest BCUT2D eigenvalue weighted by Crippen LogP contribution is 2.33. The van der Waals surface area contributed by atoms with Gasteiger partial charge in [0, 0.05) is 30.5 Å². The van der Waals surface area contributed by atoms with Crippen molar-refractivity contribution in [1.29, 1.82) is 0 Å². The third kappa shape index (κ3) is 5.08. The van der Waals surface area contributed by atoms with Crippen molar-refractivity contribution in [2.24, 2.45) is 0 Å². The van der Waals surface area contributed by atoms with Crippen LogP contribution in [0.4, 0.5) is 8.78 Å². The van der Waals surface area contributed by atoms with Gasteiger partial charge in [0.1, 0.15) is 11.8 Å². The second-order valence-electron chi connectivity index (χ2n) is 9.08. The van der Waals surface area contributed by atoms with E-state index < -0.39 is 29.2 Å². The van der Waals surface area contributed by atoms with E-state index in [0.717, 1.165) is 0 Å². The minimum absolute atomic E-state index is 0.0862. The second kappa shape index (κ2) is 9.56. The van der Waals surface area contributed by atoms with Gasteiger partial charge in [-0.3, -0.25) is 24.5 Å². The summed E-state index contributed by atoms with van der Waals surface area (Å²) in [5.41, 5.74) is 1.35. The number of hydrogen-bond donors (Lipinski definition) is 1. The second-order valence-corrected chi connectivity index (χ2v) is 9.08. The number of halogens is 2. The molecule has 3 amide bonds. The smallest absolute Gasteiger partial charge is 0.330 e. The maximum absolute atomic E-state index is 14.7. The van der Waals surface area contributed by atoms with Crippen molar-refractivity contribution in [3.63, 3.8) is 0 Å². The zero-order valence-corrected chi connectivity index (χ0v) is 19.5. The number of imide groups is 1. The molecule has 35 heavy (non-hydrogen) atoms. The largest absolute Gasteiger partial charge is 0.491 e. The number of carbonyl (C=O) groups excluding carboxylic acids is 4. The predicted octanol–water partition coefficient (Wildman–Crippen LogP) is 3.53. The molecule has 7 nitrogen and oxygen atoms in total. The number of amides is 3. The van der Waals surface area contributed by atoms with E-state index in [0.29, 0.717) is 22.4 Å². The van der Waals surface area contributed by atoms with Crippen molar-refractivity contribution in [2.45, 2.75) is 64.1 Å². The van der Waals surface area contributed by atoms with Crippen molar-refractivity contribution >= 4 is 23.5 Å². The standard InChI is InChI=1S/C26H26F2N2O5/c1-15(2)35-19-7-5-18(6-8-19)26(27,28)22(31)11-4-16-3-9-20-17(13-16)14-30(25(20)34)21-10-12-23(32)29-24(21)33/h3,5-9,13,15,21H,4,10-12,14H2,1-2H3,(H,29,32,33). The number of aryl methyl sites for hydroxylation is 1. The molecule has 4 rings (SSSR count). The molecule has 2 aromatic rings. The number of carbonyl (C=O) groups is 4. The molecule has 2 aliphatic rings. The van der Waals surface area contributed by atoms with E-state index in [1.807, 2.05) is 13.8 Å². The summed E-state index contributed by atoms with van der Waals surface area (Å²) in [7, 11) is 0. The molecule has 0 bridgehead atoms. The minimum Gasteiger partial charge on any atom is -0.491 e. The van der Waals surface area contributed by atoms with E-state index in [2.05, 4.69) is 5.32 Å². The minimum atomic E-state index is -3.63. The van der Waals surface area contributed by atoms with Gasteiger partial charge >= 0.3 is 5.92 Å². The van der Waals surface area contributed by atoms with Gasteiger partial charge in [-0.15, -0.1) is 0 Å². The highest BCUT2D eigenvalue weighted by molar-refractivity contribution is 6.05. The molecule has 0 saturated carbocycles. The molecule has 1 fully saturated rings. The first kappa shape index (κ1) is 24.5. The number of alkyl halides is 2. The Morgan fingerprint density at radius 3 is 2.51 bits per heavy atom.